The first-order valence-electron chi connectivity index (χ1n) is 8.60. The molecule has 2 fully saturated rings. The fourth-order valence-corrected chi connectivity index (χ4v) is 3.57. The molecule has 1 aliphatic carbocycles. The van der Waals surface area contributed by atoms with Gasteiger partial charge in [0.15, 0.2) is 0 Å². The third-order valence-electron chi connectivity index (χ3n) is 4.99. The van der Waals surface area contributed by atoms with Crippen molar-refractivity contribution in [1.29, 1.82) is 0 Å². The second-order valence-corrected chi connectivity index (χ2v) is 6.82. The number of halogens is 1. The Balaban J connectivity index is 0.00000288. The summed E-state index contributed by atoms with van der Waals surface area (Å²) in [5, 5.41) is 5.35. The second-order valence-electron chi connectivity index (χ2n) is 6.82. The van der Waals surface area contributed by atoms with Crippen LogP contribution in [0.4, 0.5) is 0 Å². The van der Waals surface area contributed by atoms with Gasteiger partial charge in [-0.25, -0.2) is 0 Å². The fraction of sp³-hybridized carbons (Fsp3) is 0.812. The summed E-state index contributed by atoms with van der Waals surface area (Å²) in [5.74, 6) is -0.850. The molecule has 2 rings (SSSR count). The normalized spacial score (nSPS) is 23.7. The highest BCUT2D eigenvalue weighted by molar-refractivity contribution is 5.89. The quantitative estimate of drug-likeness (QED) is 0.517. The SMILES string of the molecule is Cl.NC(=O)[C@H](C[C@@H]1CCNC1=O)NC(=O)C(N)CC1CCCCC1. The van der Waals surface area contributed by atoms with Crippen molar-refractivity contribution in [3.63, 3.8) is 0 Å². The number of amides is 3. The largest absolute Gasteiger partial charge is 0.368 e. The van der Waals surface area contributed by atoms with Crippen LogP contribution in [0.2, 0.25) is 0 Å². The number of nitrogens with two attached hydrogens (primary N) is 2. The summed E-state index contributed by atoms with van der Waals surface area (Å²) in [6.07, 6.45) is 7.41. The molecule has 1 unspecified atom stereocenters. The summed E-state index contributed by atoms with van der Waals surface area (Å²) in [6, 6.07) is -1.47. The van der Waals surface area contributed by atoms with Gasteiger partial charge in [-0.05, 0) is 25.2 Å². The van der Waals surface area contributed by atoms with E-state index in [1.165, 1.54) is 19.3 Å². The minimum Gasteiger partial charge on any atom is -0.368 e. The molecular weight excluding hydrogens is 332 g/mol. The molecule has 2 aliphatic rings. The first-order chi connectivity index (χ1) is 11.0. The van der Waals surface area contributed by atoms with E-state index in [9.17, 15) is 14.4 Å². The Kier molecular flexibility index (Phi) is 8.48. The average Bonchev–Trinajstić information content (AvgIpc) is 2.92. The standard InChI is InChI=1S/C16H28N4O3.ClH/c17-12(8-10-4-2-1-3-5-10)16(23)20-13(14(18)21)9-11-6-7-19-15(11)22;/h10-13H,1-9,17H2,(H2,18,21)(H,19,22)(H,20,23);1H/t11-,12?,13-;/m0./s1. The van der Waals surface area contributed by atoms with Crippen LogP contribution in [-0.4, -0.2) is 36.3 Å². The van der Waals surface area contributed by atoms with E-state index in [4.69, 9.17) is 11.5 Å². The van der Waals surface area contributed by atoms with Gasteiger partial charge in [0, 0.05) is 12.5 Å². The Morgan fingerprint density at radius 3 is 2.38 bits per heavy atom. The number of hydrogen-bond acceptors (Lipinski definition) is 4. The highest BCUT2D eigenvalue weighted by Gasteiger charge is 2.31. The van der Waals surface area contributed by atoms with E-state index in [-0.39, 0.29) is 36.6 Å². The van der Waals surface area contributed by atoms with Crippen LogP contribution in [0.5, 0.6) is 0 Å². The lowest BCUT2D eigenvalue weighted by molar-refractivity contribution is -0.129. The van der Waals surface area contributed by atoms with Gasteiger partial charge in [-0.15, -0.1) is 12.4 Å². The maximum atomic E-state index is 12.2. The minimum absolute atomic E-state index is 0. The van der Waals surface area contributed by atoms with Crippen molar-refractivity contribution >= 4 is 30.1 Å². The summed E-state index contributed by atoms with van der Waals surface area (Å²) in [7, 11) is 0. The zero-order valence-corrected chi connectivity index (χ0v) is 14.8. The lowest BCUT2D eigenvalue weighted by atomic mass is 9.85. The Morgan fingerprint density at radius 2 is 1.83 bits per heavy atom. The Hall–Kier alpha value is -1.34. The Labute approximate surface area is 149 Å². The van der Waals surface area contributed by atoms with E-state index in [1.54, 1.807) is 0 Å². The third-order valence-corrected chi connectivity index (χ3v) is 4.99. The number of hydrogen-bond donors (Lipinski definition) is 4. The van der Waals surface area contributed by atoms with Crippen molar-refractivity contribution in [3.8, 4) is 0 Å². The zero-order valence-electron chi connectivity index (χ0n) is 14.0. The van der Waals surface area contributed by atoms with Crippen molar-refractivity contribution in [2.45, 2.75) is 63.5 Å². The average molecular weight is 361 g/mol. The smallest absolute Gasteiger partial charge is 0.240 e. The van der Waals surface area contributed by atoms with Gasteiger partial charge in [0.1, 0.15) is 6.04 Å². The first kappa shape index (κ1) is 20.7. The maximum Gasteiger partial charge on any atom is 0.240 e. The lowest BCUT2D eigenvalue weighted by Crippen LogP contribution is -2.51. The van der Waals surface area contributed by atoms with Crippen LogP contribution in [0.3, 0.4) is 0 Å². The van der Waals surface area contributed by atoms with E-state index >= 15 is 0 Å². The zero-order chi connectivity index (χ0) is 16.8. The molecule has 24 heavy (non-hydrogen) atoms. The molecule has 1 heterocycles. The molecule has 0 radical (unpaired) electrons. The molecule has 0 aromatic carbocycles. The second kappa shape index (κ2) is 9.84. The number of rotatable bonds is 7. The van der Waals surface area contributed by atoms with Crippen LogP contribution < -0.4 is 22.1 Å². The summed E-state index contributed by atoms with van der Waals surface area (Å²) < 4.78 is 0. The van der Waals surface area contributed by atoms with Gasteiger partial charge in [-0.2, -0.15) is 0 Å². The molecule has 3 amide bonds. The van der Waals surface area contributed by atoms with Crippen molar-refractivity contribution in [3.05, 3.63) is 0 Å². The van der Waals surface area contributed by atoms with Crippen LogP contribution in [0, 0.1) is 11.8 Å². The number of carbonyl (C=O) groups excluding carboxylic acids is 3. The van der Waals surface area contributed by atoms with E-state index < -0.39 is 18.0 Å². The van der Waals surface area contributed by atoms with Gasteiger partial charge in [0.05, 0.1) is 6.04 Å². The van der Waals surface area contributed by atoms with Gasteiger partial charge >= 0.3 is 0 Å². The van der Waals surface area contributed by atoms with Gasteiger partial charge in [0.2, 0.25) is 17.7 Å². The highest BCUT2D eigenvalue weighted by atomic mass is 35.5. The van der Waals surface area contributed by atoms with Gasteiger partial charge < -0.3 is 22.1 Å². The summed E-state index contributed by atoms with van der Waals surface area (Å²) in [4.78, 5) is 35.4. The monoisotopic (exact) mass is 360 g/mol. The minimum atomic E-state index is -0.839. The van der Waals surface area contributed by atoms with Crippen LogP contribution in [0.25, 0.3) is 0 Å². The predicted octanol–water partition coefficient (Wildman–Crippen LogP) is 0.202. The molecule has 138 valence electrons. The summed E-state index contributed by atoms with van der Waals surface area (Å²) in [5.41, 5.74) is 11.4. The molecule has 7 nitrogen and oxygen atoms in total. The molecule has 0 aromatic heterocycles. The number of primary amides is 1. The predicted molar refractivity (Wildman–Crippen MR) is 93.3 cm³/mol. The van der Waals surface area contributed by atoms with Gasteiger partial charge in [-0.3, -0.25) is 14.4 Å². The van der Waals surface area contributed by atoms with Crippen LogP contribution in [-0.2, 0) is 14.4 Å². The van der Waals surface area contributed by atoms with Crippen molar-refractivity contribution in [2.75, 3.05) is 6.54 Å². The third kappa shape index (κ3) is 5.94. The molecule has 0 aromatic rings. The maximum absolute atomic E-state index is 12.2. The Bertz CT molecular complexity index is 455. The summed E-state index contributed by atoms with van der Waals surface area (Å²) >= 11 is 0. The van der Waals surface area contributed by atoms with Crippen LogP contribution in [0.15, 0.2) is 0 Å². The molecule has 1 saturated carbocycles. The molecule has 8 heteroatoms. The summed E-state index contributed by atoms with van der Waals surface area (Å²) in [6.45, 7) is 0.601. The van der Waals surface area contributed by atoms with E-state index in [0.29, 0.717) is 25.3 Å². The number of carbonyl (C=O) groups is 3. The van der Waals surface area contributed by atoms with Gasteiger partial charge in [-0.1, -0.05) is 32.1 Å². The molecule has 1 saturated heterocycles. The molecular formula is C16H29ClN4O3. The number of nitrogens with one attached hydrogen (secondary N) is 2. The van der Waals surface area contributed by atoms with Crippen molar-refractivity contribution in [2.24, 2.45) is 23.3 Å². The van der Waals surface area contributed by atoms with Crippen molar-refractivity contribution < 1.29 is 14.4 Å². The van der Waals surface area contributed by atoms with Crippen LogP contribution in [0.1, 0.15) is 51.4 Å². The molecule has 0 spiro atoms. The fourth-order valence-electron chi connectivity index (χ4n) is 3.57. The molecule has 1 aliphatic heterocycles. The highest BCUT2D eigenvalue weighted by Crippen LogP contribution is 2.27. The van der Waals surface area contributed by atoms with Crippen molar-refractivity contribution in [1.82, 2.24) is 10.6 Å². The van der Waals surface area contributed by atoms with Crippen LogP contribution >= 0.6 is 12.4 Å². The van der Waals surface area contributed by atoms with E-state index in [1.807, 2.05) is 0 Å². The topological polar surface area (TPSA) is 127 Å². The Morgan fingerprint density at radius 1 is 1.17 bits per heavy atom. The molecule has 0 bridgehead atoms. The first-order valence-corrected chi connectivity index (χ1v) is 8.60. The van der Waals surface area contributed by atoms with Gasteiger partial charge in [0.25, 0.3) is 0 Å². The van der Waals surface area contributed by atoms with E-state index in [2.05, 4.69) is 10.6 Å². The molecule has 3 atom stereocenters. The molecule has 6 N–H and O–H groups in total. The lowest BCUT2D eigenvalue weighted by Gasteiger charge is -2.25. The van der Waals surface area contributed by atoms with E-state index in [0.717, 1.165) is 12.8 Å².